The Morgan fingerprint density at radius 2 is 2.06 bits per heavy atom. The van der Waals surface area contributed by atoms with Crippen LogP contribution in [0.2, 0.25) is 0 Å². The molecule has 0 spiro atoms. The molecule has 0 saturated heterocycles. The van der Waals surface area contributed by atoms with Gasteiger partial charge in [0.25, 0.3) is 0 Å². The van der Waals surface area contributed by atoms with Crippen LogP contribution in [0.4, 0.5) is 0 Å². The van der Waals surface area contributed by atoms with Crippen molar-refractivity contribution in [2.24, 2.45) is 0 Å². The Morgan fingerprint density at radius 3 is 2.65 bits per heavy atom. The zero-order valence-electron chi connectivity index (χ0n) is 10.6. The van der Waals surface area contributed by atoms with Crippen molar-refractivity contribution in [2.75, 3.05) is 6.54 Å². The Bertz CT molecular complexity index is 470. The summed E-state index contributed by atoms with van der Waals surface area (Å²) in [4.78, 5) is 4.30. The van der Waals surface area contributed by atoms with Crippen LogP contribution in [-0.2, 0) is 6.42 Å². The zero-order chi connectivity index (χ0) is 12.3. The number of hydrogen-bond donors (Lipinski definition) is 1. The Morgan fingerprint density at radius 1 is 1.24 bits per heavy atom. The molecule has 2 aromatic rings. The predicted octanol–water partition coefficient (Wildman–Crippen LogP) is 4.38. The average Bonchev–Trinajstić information content (AvgIpc) is 2.94. The van der Waals surface area contributed by atoms with Crippen molar-refractivity contribution in [3.05, 3.63) is 43.8 Å². The second-order valence-corrected chi connectivity index (χ2v) is 6.37. The van der Waals surface area contributed by atoms with Crippen molar-refractivity contribution < 1.29 is 0 Å². The SMILES string of the molecule is CCNC(c1ccc(C)s1)c1sccc1CC. The summed E-state index contributed by atoms with van der Waals surface area (Å²) in [5, 5.41) is 5.82. The van der Waals surface area contributed by atoms with Gasteiger partial charge in [-0.05, 0) is 49.0 Å². The third kappa shape index (κ3) is 2.79. The second-order valence-electron chi connectivity index (χ2n) is 4.10. The summed E-state index contributed by atoms with van der Waals surface area (Å²) in [6.45, 7) is 7.58. The van der Waals surface area contributed by atoms with E-state index in [4.69, 9.17) is 0 Å². The Labute approximate surface area is 112 Å². The molecule has 0 fully saturated rings. The van der Waals surface area contributed by atoms with E-state index in [0.717, 1.165) is 13.0 Å². The van der Waals surface area contributed by atoms with Gasteiger partial charge >= 0.3 is 0 Å². The van der Waals surface area contributed by atoms with Crippen molar-refractivity contribution >= 4 is 22.7 Å². The van der Waals surface area contributed by atoms with Gasteiger partial charge in [0.15, 0.2) is 0 Å². The molecule has 0 aliphatic rings. The lowest BCUT2D eigenvalue weighted by atomic mass is 10.1. The first-order valence-electron chi connectivity index (χ1n) is 6.12. The first kappa shape index (κ1) is 12.8. The second kappa shape index (κ2) is 5.80. The van der Waals surface area contributed by atoms with Gasteiger partial charge in [-0.2, -0.15) is 0 Å². The van der Waals surface area contributed by atoms with Crippen LogP contribution >= 0.6 is 22.7 Å². The summed E-state index contributed by atoms with van der Waals surface area (Å²) in [5.74, 6) is 0. The van der Waals surface area contributed by atoms with Gasteiger partial charge in [-0.15, -0.1) is 22.7 Å². The largest absolute Gasteiger partial charge is 0.305 e. The summed E-state index contributed by atoms with van der Waals surface area (Å²) >= 11 is 3.77. The van der Waals surface area contributed by atoms with Crippen LogP contribution in [0, 0.1) is 6.92 Å². The molecule has 0 aromatic carbocycles. The number of hydrogen-bond acceptors (Lipinski definition) is 3. The molecule has 0 radical (unpaired) electrons. The summed E-state index contributed by atoms with van der Waals surface area (Å²) in [7, 11) is 0. The molecule has 0 aliphatic heterocycles. The van der Waals surface area contributed by atoms with Gasteiger partial charge in [-0.25, -0.2) is 0 Å². The first-order valence-corrected chi connectivity index (χ1v) is 7.81. The molecule has 1 nitrogen and oxygen atoms in total. The van der Waals surface area contributed by atoms with Crippen LogP contribution in [0.25, 0.3) is 0 Å². The normalized spacial score (nSPS) is 12.9. The highest BCUT2D eigenvalue weighted by atomic mass is 32.1. The third-order valence-electron chi connectivity index (χ3n) is 2.88. The van der Waals surface area contributed by atoms with Crippen molar-refractivity contribution in [3.63, 3.8) is 0 Å². The minimum Gasteiger partial charge on any atom is -0.305 e. The highest BCUT2D eigenvalue weighted by Crippen LogP contribution is 2.33. The van der Waals surface area contributed by atoms with Crippen LogP contribution in [0.3, 0.4) is 0 Å². The molecular weight excluding hydrogens is 246 g/mol. The minimum absolute atomic E-state index is 0.383. The Kier molecular flexibility index (Phi) is 4.37. The number of nitrogens with one attached hydrogen (secondary N) is 1. The molecule has 2 rings (SSSR count). The van der Waals surface area contributed by atoms with Gasteiger partial charge in [0, 0.05) is 14.6 Å². The molecule has 1 unspecified atom stereocenters. The molecule has 1 atom stereocenters. The monoisotopic (exact) mass is 265 g/mol. The molecule has 0 amide bonds. The highest BCUT2D eigenvalue weighted by Gasteiger charge is 2.18. The van der Waals surface area contributed by atoms with Crippen LogP contribution in [0.1, 0.15) is 40.1 Å². The van der Waals surface area contributed by atoms with Crippen molar-refractivity contribution in [1.82, 2.24) is 5.32 Å². The maximum atomic E-state index is 3.61. The van der Waals surface area contributed by atoms with Gasteiger partial charge in [0.1, 0.15) is 0 Å². The summed E-state index contributed by atoms with van der Waals surface area (Å²) in [5.41, 5.74) is 1.48. The molecular formula is C14H19NS2. The number of rotatable bonds is 5. The fraction of sp³-hybridized carbons (Fsp3) is 0.429. The summed E-state index contributed by atoms with van der Waals surface area (Å²) < 4.78 is 0. The molecule has 1 N–H and O–H groups in total. The van der Waals surface area contributed by atoms with Crippen LogP contribution in [0.15, 0.2) is 23.6 Å². The molecule has 2 heterocycles. The molecule has 0 bridgehead atoms. The smallest absolute Gasteiger partial charge is 0.0767 e. The van der Waals surface area contributed by atoms with Crippen molar-refractivity contribution in [2.45, 2.75) is 33.2 Å². The minimum atomic E-state index is 0.383. The van der Waals surface area contributed by atoms with E-state index in [-0.39, 0.29) is 0 Å². The number of thiophene rings is 2. The van der Waals surface area contributed by atoms with E-state index < -0.39 is 0 Å². The van der Waals surface area contributed by atoms with E-state index in [1.165, 1.54) is 20.2 Å². The van der Waals surface area contributed by atoms with E-state index in [1.807, 2.05) is 22.7 Å². The van der Waals surface area contributed by atoms with Gasteiger partial charge in [-0.1, -0.05) is 13.8 Å². The lowest BCUT2D eigenvalue weighted by Gasteiger charge is -2.16. The topological polar surface area (TPSA) is 12.0 Å². The van der Waals surface area contributed by atoms with Crippen molar-refractivity contribution in [1.29, 1.82) is 0 Å². The Balaban J connectivity index is 2.35. The van der Waals surface area contributed by atoms with Crippen molar-refractivity contribution in [3.8, 4) is 0 Å². The Hall–Kier alpha value is -0.640. The molecule has 2 aromatic heterocycles. The van der Waals surface area contributed by atoms with Crippen LogP contribution in [0.5, 0.6) is 0 Å². The summed E-state index contributed by atoms with van der Waals surface area (Å²) in [6, 6.07) is 7.11. The predicted molar refractivity (Wildman–Crippen MR) is 78.3 cm³/mol. The van der Waals surface area contributed by atoms with E-state index in [2.05, 4.69) is 49.7 Å². The number of aryl methyl sites for hydroxylation is 2. The standard InChI is InChI=1S/C14H19NS2/c1-4-11-8-9-16-14(11)13(15-5-2)12-7-6-10(3)17-12/h6-9,13,15H,4-5H2,1-3H3. The zero-order valence-corrected chi connectivity index (χ0v) is 12.3. The fourth-order valence-corrected chi connectivity index (χ4v) is 4.15. The van der Waals surface area contributed by atoms with E-state index in [1.54, 1.807) is 0 Å². The molecule has 0 saturated carbocycles. The maximum Gasteiger partial charge on any atom is 0.0767 e. The highest BCUT2D eigenvalue weighted by molar-refractivity contribution is 7.13. The van der Waals surface area contributed by atoms with E-state index in [9.17, 15) is 0 Å². The van der Waals surface area contributed by atoms with E-state index >= 15 is 0 Å². The van der Waals surface area contributed by atoms with Gasteiger partial charge in [0.05, 0.1) is 6.04 Å². The average molecular weight is 265 g/mol. The first-order chi connectivity index (χ1) is 8.26. The lowest BCUT2D eigenvalue weighted by molar-refractivity contribution is 0.644. The van der Waals surface area contributed by atoms with Gasteiger partial charge in [-0.3, -0.25) is 0 Å². The fourth-order valence-electron chi connectivity index (χ4n) is 2.03. The van der Waals surface area contributed by atoms with Gasteiger partial charge in [0.2, 0.25) is 0 Å². The summed E-state index contributed by atoms with van der Waals surface area (Å²) in [6.07, 6.45) is 1.12. The van der Waals surface area contributed by atoms with Crippen LogP contribution < -0.4 is 5.32 Å². The molecule has 17 heavy (non-hydrogen) atoms. The third-order valence-corrected chi connectivity index (χ3v) is 4.97. The maximum absolute atomic E-state index is 3.61. The quantitative estimate of drug-likeness (QED) is 0.846. The van der Waals surface area contributed by atoms with E-state index in [0.29, 0.717) is 6.04 Å². The van der Waals surface area contributed by atoms with Gasteiger partial charge < -0.3 is 5.32 Å². The molecule has 0 aliphatic carbocycles. The molecule has 3 heteroatoms. The molecule has 92 valence electrons. The lowest BCUT2D eigenvalue weighted by Crippen LogP contribution is -2.21. The van der Waals surface area contributed by atoms with Crippen LogP contribution in [-0.4, -0.2) is 6.54 Å².